The lowest BCUT2D eigenvalue weighted by molar-refractivity contribution is -0.0543. The second kappa shape index (κ2) is 11.1. The molecule has 5 atom stereocenters. The summed E-state index contributed by atoms with van der Waals surface area (Å²) >= 11 is 0. The summed E-state index contributed by atoms with van der Waals surface area (Å²) in [6.45, 7) is 7.15. The first-order chi connectivity index (χ1) is 9.92. The van der Waals surface area contributed by atoms with Crippen molar-refractivity contribution in [1.29, 1.82) is 15.8 Å². The van der Waals surface area contributed by atoms with Crippen molar-refractivity contribution >= 4 is 0 Å². The molecule has 0 saturated heterocycles. The van der Waals surface area contributed by atoms with Crippen LogP contribution >= 0.6 is 0 Å². The van der Waals surface area contributed by atoms with Crippen LogP contribution in [0.3, 0.4) is 0 Å². The van der Waals surface area contributed by atoms with E-state index < -0.39 is 18.3 Å². The maximum atomic E-state index is 8.81. The van der Waals surface area contributed by atoms with Crippen LogP contribution in [-0.2, 0) is 14.2 Å². The van der Waals surface area contributed by atoms with Crippen molar-refractivity contribution in [1.82, 2.24) is 0 Å². The van der Waals surface area contributed by atoms with Crippen molar-refractivity contribution in [3.8, 4) is 18.2 Å². The predicted octanol–water partition coefficient (Wildman–Crippen LogP) is 2.31. The fourth-order valence-electron chi connectivity index (χ4n) is 1.67. The number of hydrogen-bond donors (Lipinski definition) is 0. The van der Waals surface area contributed by atoms with Crippen LogP contribution < -0.4 is 0 Å². The van der Waals surface area contributed by atoms with E-state index in [9.17, 15) is 0 Å². The van der Waals surface area contributed by atoms with Gasteiger partial charge < -0.3 is 14.2 Å². The van der Waals surface area contributed by atoms with Gasteiger partial charge in [0.15, 0.2) is 0 Å². The van der Waals surface area contributed by atoms with E-state index in [-0.39, 0.29) is 18.8 Å². The Kier molecular flexibility index (Phi) is 10.2. The minimum absolute atomic E-state index is 0.0865. The molecule has 0 saturated carbocycles. The molecule has 6 nitrogen and oxygen atoms in total. The van der Waals surface area contributed by atoms with Gasteiger partial charge in [0, 0.05) is 0 Å². The van der Waals surface area contributed by atoms with Gasteiger partial charge in [0.25, 0.3) is 0 Å². The van der Waals surface area contributed by atoms with Crippen molar-refractivity contribution in [3.05, 3.63) is 0 Å². The summed E-state index contributed by atoms with van der Waals surface area (Å²) in [6, 6.07) is 6.01. The molecule has 0 aromatic rings. The minimum atomic E-state index is -0.537. The van der Waals surface area contributed by atoms with Gasteiger partial charge in [-0.3, -0.25) is 0 Å². The third-order valence-corrected chi connectivity index (χ3v) is 2.81. The topological polar surface area (TPSA) is 99.1 Å². The van der Waals surface area contributed by atoms with E-state index in [0.717, 1.165) is 0 Å². The fourth-order valence-corrected chi connectivity index (χ4v) is 1.67. The summed E-state index contributed by atoms with van der Waals surface area (Å²) < 4.78 is 16.4. The molecule has 0 spiro atoms. The Labute approximate surface area is 126 Å². The fraction of sp³-hybridized carbons (Fsp3) is 0.800. The van der Waals surface area contributed by atoms with Crippen molar-refractivity contribution in [3.63, 3.8) is 0 Å². The first-order valence-electron chi connectivity index (χ1n) is 7.04. The Hall–Kier alpha value is -1.65. The highest BCUT2D eigenvalue weighted by Gasteiger charge is 2.17. The van der Waals surface area contributed by atoms with E-state index in [4.69, 9.17) is 30.0 Å². The highest BCUT2D eigenvalue weighted by Crippen LogP contribution is 2.12. The zero-order valence-electron chi connectivity index (χ0n) is 13.1. The van der Waals surface area contributed by atoms with Gasteiger partial charge >= 0.3 is 0 Å². The second-order valence-electron chi connectivity index (χ2n) is 4.93. The molecule has 116 valence electrons. The minimum Gasteiger partial charge on any atom is -0.361 e. The highest BCUT2D eigenvalue weighted by atomic mass is 16.5. The molecule has 0 radical (unpaired) electrons. The Morgan fingerprint density at radius 1 is 0.762 bits per heavy atom. The van der Waals surface area contributed by atoms with Gasteiger partial charge in [0.1, 0.15) is 18.3 Å². The summed E-state index contributed by atoms with van der Waals surface area (Å²) in [6.07, 6.45) is -0.559. The number of hydrogen-bond acceptors (Lipinski definition) is 6. The van der Waals surface area contributed by atoms with Gasteiger partial charge in [-0.2, -0.15) is 15.8 Å². The van der Waals surface area contributed by atoms with Crippen LogP contribution in [-0.4, -0.2) is 37.1 Å². The molecule has 0 fully saturated rings. The van der Waals surface area contributed by atoms with E-state index in [1.165, 1.54) is 0 Å². The van der Waals surface area contributed by atoms with Crippen LogP contribution in [0.25, 0.3) is 0 Å². The zero-order chi connectivity index (χ0) is 16.3. The van der Waals surface area contributed by atoms with Crippen molar-refractivity contribution in [2.75, 3.05) is 6.61 Å². The molecule has 0 aliphatic heterocycles. The normalized spacial score (nSPS) is 17.6. The van der Waals surface area contributed by atoms with E-state index >= 15 is 0 Å². The Morgan fingerprint density at radius 3 is 1.81 bits per heavy atom. The highest BCUT2D eigenvalue weighted by molar-refractivity contribution is 4.83. The lowest BCUT2D eigenvalue weighted by atomic mass is 10.1. The smallest absolute Gasteiger partial charge is 0.141 e. The monoisotopic (exact) mass is 293 g/mol. The van der Waals surface area contributed by atoms with Gasteiger partial charge in [-0.15, -0.1) is 0 Å². The lowest BCUT2D eigenvalue weighted by Crippen LogP contribution is -2.28. The molecule has 0 aliphatic rings. The molecule has 5 unspecified atom stereocenters. The third kappa shape index (κ3) is 9.82. The average molecular weight is 293 g/mol. The Balaban J connectivity index is 4.30. The summed E-state index contributed by atoms with van der Waals surface area (Å²) in [7, 11) is 0. The van der Waals surface area contributed by atoms with E-state index in [0.29, 0.717) is 12.8 Å². The maximum absolute atomic E-state index is 8.81. The summed E-state index contributed by atoms with van der Waals surface area (Å²) in [5.41, 5.74) is 0. The van der Waals surface area contributed by atoms with Gasteiger partial charge in [-0.05, 0) is 40.5 Å². The molecule has 0 aromatic heterocycles. The van der Waals surface area contributed by atoms with E-state index in [1.54, 1.807) is 20.8 Å². The predicted molar refractivity (Wildman–Crippen MR) is 75.8 cm³/mol. The van der Waals surface area contributed by atoms with Gasteiger partial charge in [-0.1, -0.05) is 0 Å². The molecule has 0 amide bonds. The maximum Gasteiger partial charge on any atom is 0.141 e. The molecular formula is C15H23N3O3. The SMILES string of the molecule is CC(C#N)OCC(CCC(C)OC(C)C#N)OC(C)C#N. The molecule has 0 bridgehead atoms. The molecule has 0 N–H and O–H groups in total. The Morgan fingerprint density at radius 2 is 1.29 bits per heavy atom. The molecule has 0 aromatic carbocycles. The number of rotatable bonds is 10. The summed E-state index contributed by atoms with van der Waals surface area (Å²) in [4.78, 5) is 0. The van der Waals surface area contributed by atoms with Crippen molar-refractivity contribution < 1.29 is 14.2 Å². The van der Waals surface area contributed by atoms with E-state index in [1.807, 2.05) is 25.1 Å². The van der Waals surface area contributed by atoms with Crippen LogP contribution in [0.15, 0.2) is 0 Å². The first-order valence-corrected chi connectivity index (χ1v) is 7.04. The van der Waals surface area contributed by atoms with Crippen LogP contribution in [0.1, 0.15) is 40.5 Å². The standard InChI is InChI=1S/C15H23N3O3/c1-11(20-13(3)8-17)5-6-15(21-14(4)9-18)10-19-12(2)7-16/h11-15H,5-6,10H2,1-4H3. The summed E-state index contributed by atoms with van der Waals surface area (Å²) in [5.74, 6) is 0. The zero-order valence-corrected chi connectivity index (χ0v) is 13.1. The third-order valence-electron chi connectivity index (χ3n) is 2.81. The summed E-state index contributed by atoms with van der Waals surface area (Å²) in [5, 5.41) is 26.2. The van der Waals surface area contributed by atoms with Gasteiger partial charge in [0.2, 0.25) is 0 Å². The van der Waals surface area contributed by atoms with Crippen LogP contribution in [0.2, 0.25) is 0 Å². The number of nitrogens with zero attached hydrogens (tertiary/aromatic N) is 3. The molecule has 0 aliphatic carbocycles. The van der Waals surface area contributed by atoms with Crippen LogP contribution in [0.5, 0.6) is 0 Å². The number of nitriles is 3. The van der Waals surface area contributed by atoms with Gasteiger partial charge in [-0.25, -0.2) is 0 Å². The average Bonchev–Trinajstić information content (AvgIpc) is 2.48. The van der Waals surface area contributed by atoms with Crippen LogP contribution in [0, 0.1) is 34.0 Å². The van der Waals surface area contributed by atoms with Crippen molar-refractivity contribution in [2.45, 2.75) is 71.1 Å². The van der Waals surface area contributed by atoms with E-state index in [2.05, 4.69) is 0 Å². The van der Waals surface area contributed by atoms with Crippen LogP contribution in [0.4, 0.5) is 0 Å². The molecule has 21 heavy (non-hydrogen) atoms. The molecule has 0 heterocycles. The van der Waals surface area contributed by atoms with Gasteiger partial charge in [0.05, 0.1) is 37.0 Å². The lowest BCUT2D eigenvalue weighted by Gasteiger charge is -2.22. The quantitative estimate of drug-likeness (QED) is 0.613. The van der Waals surface area contributed by atoms with Crippen molar-refractivity contribution in [2.24, 2.45) is 0 Å². The molecule has 0 rings (SSSR count). The molecular weight excluding hydrogens is 270 g/mol. The molecule has 6 heteroatoms. The first kappa shape index (κ1) is 19.4. The Bertz CT molecular complexity index is 408. The number of ether oxygens (including phenoxy) is 3. The second-order valence-corrected chi connectivity index (χ2v) is 4.93. The largest absolute Gasteiger partial charge is 0.361 e.